The first-order chi connectivity index (χ1) is 17.8. The Morgan fingerprint density at radius 3 is 2.32 bits per heavy atom. The number of amides is 4. The molecule has 2 bridgehead atoms. The number of hydrogen-bond donors (Lipinski definition) is 2. The van der Waals surface area contributed by atoms with E-state index in [0.29, 0.717) is 29.1 Å². The zero-order valence-electron chi connectivity index (χ0n) is 21.7. The fraction of sp³-hybridized carbons (Fsp3) is 0.464. The molecule has 1 atom stereocenters. The second-order valence-electron chi connectivity index (χ2n) is 10.5. The molecule has 0 radical (unpaired) electrons. The fourth-order valence-corrected chi connectivity index (χ4v) is 5.76. The van der Waals surface area contributed by atoms with Gasteiger partial charge >= 0.3 is 6.03 Å². The first kappa shape index (κ1) is 24.9. The fourth-order valence-electron chi connectivity index (χ4n) is 5.76. The van der Waals surface area contributed by atoms with Crippen molar-refractivity contribution >= 4 is 35.1 Å². The molecular weight excluding hydrogens is 468 g/mol. The largest absolute Gasteiger partial charge is 0.341 e. The monoisotopic (exact) mass is 502 g/mol. The van der Waals surface area contributed by atoms with Crippen LogP contribution in [-0.4, -0.2) is 59.2 Å². The van der Waals surface area contributed by atoms with Gasteiger partial charge in [0.2, 0.25) is 12.1 Å². The van der Waals surface area contributed by atoms with Gasteiger partial charge in [-0.25, -0.2) is 9.78 Å². The van der Waals surface area contributed by atoms with Gasteiger partial charge in [0.05, 0.1) is 5.69 Å². The first-order valence-electron chi connectivity index (χ1n) is 13.0. The molecule has 2 N–H and O–H groups in total. The third-order valence-corrected chi connectivity index (χ3v) is 7.69. The number of rotatable bonds is 4. The van der Waals surface area contributed by atoms with Crippen LogP contribution >= 0.6 is 0 Å². The number of hydrogen-bond acceptors (Lipinski definition) is 5. The number of pyridine rings is 1. The van der Waals surface area contributed by atoms with Crippen LogP contribution in [0.3, 0.4) is 0 Å². The minimum atomic E-state index is -1.18. The van der Waals surface area contributed by atoms with Crippen molar-refractivity contribution in [2.75, 3.05) is 29.9 Å². The Hall–Kier alpha value is -3.75. The molecule has 3 aliphatic heterocycles. The average molecular weight is 503 g/mol. The Bertz CT molecular complexity index is 1240. The smallest absolute Gasteiger partial charge is 0.322 e. The predicted octanol–water partition coefficient (Wildman–Crippen LogP) is 3.65. The number of nitrogens with zero attached hydrogens (tertiary/aromatic N) is 4. The number of anilines is 2. The van der Waals surface area contributed by atoms with Gasteiger partial charge in [-0.05, 0) is 76.0 Å². The summed E-state index contributed by atoms with van der Waals surface area (Å²) in [6.45, 7) is 6.99. The summed E-state index contributed by atoms with van der Waals surface area (Å²) in [5.74, 6) is 0.950. The molecular formula is C28H34N6O3. The molecule has 9 heteroatoms. The van der Waals surface area contributed by atoms with E-state index < -0.39 is 18.1 Å². The highest BCUT2D eigenvalue weighted by Gasteiger charge is 2.37. The van der Waals surface area contributed by atoms with Crippen molar-refractivity contribution in [2.24, 2.45) is 16.8 Å². The summed E-state index contributed by atoms with van der Waals surface area (Å²) in [4.78, 5) is 52.6. The minimum Gasteiger partial charge on any atom is -0.341 e. The number of nitrogens with one attached hydrogen (secondary N) is 2. The van der Waals surface area contributed by atoms with Crippen molar-refractivity contribution in [1.29, 1.82) is 0 Å². The van der Waals surface area contributed by atoms with Gasteiger partial charge in [0.15, 0.2) is 0 Å². The van der Waals surface area contributed by atoms with Crippen molar-refractivity contribution in [1.82, 2.24) is 15.2 Å². The molecule has 4 aliphatic rings. The number of benzodiazepines with no additional fused rings is 1. The number of aryl methyl sites for hydroxylation is 2. The molecule has 0 unspecified atom stereocenters. The molecule has 1 aliphatic carbocycles. The molecule has 9 nitrogen and oxygen atoms in total. The number of fused-ring (bicyclic) bond motifs is 5. The Balaban J connectivity index is 1.40. The lowest BCUT2D eigenvalue weighted by Crippen LogP contribution is -2.52. The Morgan fingerprint density at radius 2 is 1.65 bits per heavy atom. The maximum absolute atomic E-state index is 13.9. The van der Waals surface area contributed by atoms with Crippen LogP contribution < -0.4 is 15.5 Å². The molecule has 4 amide bonds. The third-order valence-electron chi connectivity index (χ3n) is 7.69. The quantitative estimate of drug-likeness (QED) is 0.665. The first-order valence-corrected chi connectivity index (χ1v) is 13.0. The molecule has 4 heterocycles. The molecule has 6 rings (SSSR count). The van der Waals surface area contributed by atoms with Gasteiger partial charge in [-0.2, -0.15) is 0 Å². The molecule has 194 valence electrons. The number of aromatic nitrogens is 1. The Morgan fingerprint density at radius 1 is 0.973 bits per heavy atom. The van der Waals surface area contributed by atoms with Crippen molar-refractivity contribution < 1.29 is 14.4 Å². The van der Waals surface area contributed by atoms with Crippen LogP contribution in [0.25, 0.3) is 0 Å². The van der Waals surface area contributed by atoms with Gasteiger partial charge in [-0.15, -0.1) is 0 Å². The second kappa shape index (κ2) is 10.3. The molecule has 3 fully saturated rings. The third kappa shape index (κ3) is 5.35. The molecule has 2 saturated heterocycles. The molecule has 1 saturated carbocycles. The van der Waals surface area contributed by atoms with Crippen LogP contribution in [0, 0.1) is 25.7 Å². The van der Waals surface area contributed by atoms with Crippen LogP contribution in [0.1, 0.15) is 49.4 Å². The van der Waals surface area contributed by atoms with Crippen molar-refractivity contribution in [3.05, 3.63) is 53.2 Å². The average Bonchev–Trinajstić information content (AvgIpc) is 3.24. The van der Waals surface area contributed by atoms with E-state index in [4.69, 9.17) is 0 Å². The van der Waals surface area contributed by atoms with E-state index in [1.54, 1.807) is 12.1 Å². The molecule has 2 aromatic rings. The highest BCUT2D eigenvalue weighted by molar-refractivity contribution is 6.14. The molecule has 1 aromatic carbocycles. The van der Waals surface area contributed by atoms with Crippen LogP contribution in [0.4, 0.5) is 16.3 Å². The summed E-state index contributed by atoms with van der Waals surface area (Å²) in [5.41, 5.74) is 3.70. The van der Waals surface area contributed by atoms with Crippen LogP contribution in [0.15, 0.2) is 41.4 Å². The van der Waals surface area contributed by atoms with Gasteiger partial charge in [-0.3, -0.25) is 24.8 Å². The van der Waals surface area contributed by atoms with Gasteiger partial charge in [0.25, 0.3) is 5.91 Å². The lowest BCUT2D eigenvalue weighted by atomic mass is 9.84. The molecule has 0 spiro atoms. The Labute approximate surface area is 217 Å². The summed E-state index contributed by atoms with van der Waals surface area (Å²) >= 11 is 0. The molecule has 37 heavy (non-hydrogen) atoms. The van der Waals surface area contributed by atoms with E-state index >= 15 is 0 Å². The zero-order valence-corrected chi connectivity index (χ0v) is 21.7. The SMILES string of the molecule is CC1=N[C@@H](NC(=O)Nc2cccc(C)n2)C(=O)N(CC(=O)N2CC3CCC(CC3)C2)c2c(C)cccc21. The Kier molecular flexibility index (Phi) is 6.95. The second-order valence-corrected chi connectivity index (χ2v) is 10.5. The predicted molar refractivity (Wildman–Crippen MR) is 143 cm³/mol. The number of para-hydroxylation sites is 1. The molecule has 1 aromatic heterocycles. The lowest BCUT2D eigenvalue weighted by molar-refractivity contribution is -0.132. The van der Waals surface area contributed by atoms with Gasteiger partial charge in [-0.1, -0.05) is 24.3 Å². The lowest BCUT2D eigenvalue weighted by Gasteiger charge is -2.30. The van der Waals surface area contributed by atoms with Gasteiger partial charge < -0.3 is 10.2 Å². The van der Waals surface area contributed by atoms with Crippen molar-refractivity contribution in [2.45, 2.75) is 52.6 Å². The topological polar surface area (TPSA) is 107 Å². The van der Waals surface area contributed by atoms with Gasteiger partial charge in [0, 0.05) is 30.1 Å². The highest BCUT2D eigenvalue weighted by Crippen LogP contribution is 2.34. The maximum Gasteiger partial charge on any atom is 0.322 e. The van der Waals surface area contributed by atoms with Crippen molar-refractivity contribution in [3.63, 3.8) is 0 Å². The number of carbonyl (C=O) groups excluding carboxylic acids is 3. The van der Waals surface area contributed by atoms with Gasteiger partial charge in [0.1, 0.15) is 12.4 Å². The summed E-state index contributed by atoms with van der Waals surface area (Å²) < 4.78 is 0. The maximum atomic E-state index is 13.9. The standard InChI is InChI=1S/C28H34N6O3/c1-17-6-4-8-22-19(3)30-26(32-28(37)31-23-9-5-7-18(2)29-23)27(36)34(25(17)22)16-24(35)33-14-20-10-11-21(15-33)13-12-20/h4-9,20-21,26H,10-16H2,1-3H3,(H2,29,31,32,37)/t20?,21?,26-/m0/s1. The number of carbonyl (C=O) groups is 3. The minimum absolute atomic E-state index is 0.0620. The van der Waals surface area contributed by atoms with Crippen LogP contribution in [0.2, 0.25) is 0 Å². The van der Waals surface area contributed by atoms with E-state index in [9.17, 15) is 14.4 Å². The zero-order chi connectivity index (χ0) is 26.1. The highest BCUT2D eigenvalue weighted by atomic mass is 16.2. The summed E-state index contributed by atoms with van der Waals surface area (Å²) in [7, 11) is 0. The van der Waals surface area contributed by atoms with E-state index in [1.807, 2.05) is 49.9 Å². The van der Waals surface area contributed by atoms with Crippen molar-refractivity contribution in [3.8, 4) is 0 Å². The van der Waals surface area contributed by atoms with Crippen LogP contribution in [-0.2, 0) is 9.59 Å². The summed E-state index contributed by atoms with van der Waals surface area (Å²) in [5, 5.41) is 5.36. The summed E-state index contributed by atoms with van der Waals surface area (Å²) in [6.07, 6.45) is 3.50. The van der Waals surface area contributed by atoms with Crippen LogP contribution in [0.5, 0.6) is 0 Å². The summed E-state index contributed by atoms with van der Waals surface area (Å²) in [6, 6.07) is 10.4. The number of aliphatic imine (C=N–C) groups is 1. The van der Waals surface area contributed by atoms with E-state index in [-0.39, 0.29) is 12.5 Å². The normalized spacial score (nSPS) is 23.1. The van der Waals surface area contributed by atoms with E-state index in [1.165, 1.54) is 30.6 Å². The number of urea groups is 1. The van der Waals surface area contributed by atoms with E-state index in [2.05, 4.69) is 20.6 Å². The number of benzene rings is 1. The van der Waals surface area contributed by atoms with E-state index in [0.717, 1.165) is 29.9 Å².